The van der Waals surface area contributed by atoms with Crippen LogP contribution in [0.2, 0.25) is 0 Å². The molecule has 19 heavy (non-hydrogen) atoms. The van der Waals surface area contributed by atoms with Crippen LogP contribution in [0.5, 0.6) is 0 Å². The topological polar surface area (TPSA) is 17.8 Å². The summed E-state index contributed by atoms with van der Waals surface area (Å²) in [5.41, 5.74) is 2.31. The van der Waals surface area contributed by atoms with Gasteiger partial charge in [0.2, 0.25) is 0 Å². The van der Waals surface area contributed by atoms with Crippen LogP contribution in [0.15, 0.2) is 18.2 Å². The van der Waals surface area contributed by atoms with Gasteiger partial charge in [-0.05, 0) is 65.5 Å². The van der Waals surface area contributed by atoms with Gasteiger partial charge in [0.15, 0.2) is 0 Å². The molecule has 1 heterocycles. The summed E-state index contributed by atoms with van der Waals surface area (Å²) in [7, 11) is 0. The number of nitrogens with zero attached hydrogens (tertiary/aromatic N) is 2. The molecule has 3 rings (SSSR count). The minimum atomic E-state index is 0.494. The fourth-order valence-electron chi connectivity index (χ4n) is 3.21. The van der Waals surface area contributed by atoms with Gasteiger partial charge in [0, 0.05) is 10.1 Å². The third kappa shape index (κ3) is 2.77. The second-order valence-corrected chi connectivity index (χ2v) is 7.20. The lowest BCUT2D eigenvalue weighted by molar-refractivity contribution is 0.441. The van der Waals surface area contributed by atoms with Crippen LogP contribution in [0.25, 0.3) is 11.0 Å². The Kier molecular flexibility index (Phi) is 4.03. The van der Waals surface area contributed by atoms with E-state index < -0.39 is 0 Å². The normalized spacial score (nSPS) is 23.3. The van der Waals surface area contributed by atoms with Crippen molar-refractivity contribution in [2.75, 3.05) is 0 Å². The molecule has 2 aromatic rings. The predicted molar refractivity (Wildman–Crippen MR) is 88.5 cm³/mol. The molecular weight excluding hydrogens is 371 g/mol. The Morgan fingerprint density at radius 2 is 2.26 bits per heavy atom. The minimum Gasteiger partial charge on any atom is -0.327 e. The molecule has 1 saturated carbocycles. The molecule has 0 saturated heterocycles. The molecule has 0 spiro atoms. The van der Waals surface area contributed by atoms with Crippen molar-refractivity contribution in [2.45, 2.75) is 38.6 Å². The predicted octanol–water partition coefficient (Wildman–Crippen LogP) is 4.82. The third-order valence-electron chi connectivity index (χ3n) is 4.15. The Bertz CT molecular complexity index is 593. The van der Waals surface area contributed by atoms with Crippen LogP contribution in [0.1, 0.15) is 32.0 Å². The van der Waals surface area contributed by atoms with Crippen molar-refractivity contribution < 1.29 is 0 Å². The minimum absolute atomic E-state index is 0.494. The van der Waals surface area contributed by atoms with Crippen LogP contribution in [-0.4, -0.2) is 9.55 Å². The van der Waals surface area contributed by atoms with E-state index in [-0.39, 0.29) is 0 Å². The maximum absolute atomic E-state index is 6.07. The quantitative estimate of drug-likeness (QED) is 0.545. The second-order valence-electron chi connectivity index (χ2n) is 5.69. The lowest BCUT2D eigenvalue weighted by Crippen LogP contribution is -2.10. The van der Waals surface area contributed by atoms with Gasteiger partial charge in [-0.15, -0.1) is 11.6 Å². The van der Waals surface area contributed by atoms with E-state index in [0.717, 1.165) is 29.7 Å². The molecule has 1 aliphatic rings. The zero-order valence-electron chi connectivity index (χ0n) is 11.1. The SMILES string of the molecule is CC1CCC(Cn2c(CCl)nc3cc(I)ccc32)C1. The molecule has 4 heteroatoms. The molecule has 2 atom stereocenters. The number of benzene rings is 1. The summed E-state index contributed by atoms with van der Waals surface area (Å²) in [5.74, 6) is 3.17. The number of halogens is 2. The first kappa shape index (κ1) is 13.7. The summed E-state index contributed by atoms with van der Waals surface area (Å²) in [6.07, 6.45) is 4.05. The first-order valence-electron chi connectivity index (χ1n) is 6.88. The van der Waals surface area contributed by atoms with Crippen LogP contribution in [0.4, 0.5) is 0 Å². The Morgan fingerprint density at radius 3 is 2.95 bits per heavy atom. The average molecular weight is 389 g/mol. The highest BCUT2D eigenvalue weighted by molar-refractivity contribution is 14.1. The van der Waals surface area contributed by atoms with E-state index >= 15 is 0 Å². The van der Waals surface area contributed by atoms with E-state index in [4.69, 9.17) is 11.6 Å². The maximum Gasteiger partial charge on any atom is 0.124 e. The number of hydrogen-bond acceptors (Lipinski definition) is 1. The van der Waals surface area contributed by atoms with E-state index in [1.165, 1.54) is 28.3 Å². The Balaban J connectivity index is 1.96. The summed E-state index contributed by atoms with van der Waals surface area (Å²) >= 11 is 8.40. The molecule has 2 nitrogen and oxygen atoms in total. The summed E-state index contributed by atoms with van der Waals surface area (Å²) in [5, 5.41) is 0. The highest BCUT2D eigenvalue weighted by atomic mass is 127. The van der Waals surface area contributed by atoms with Crippen LogP contribution in [0.3, 0.4) is 0 Å². The molecule has 0 N–H and O–H groups in total. The van der Waals surface area contributed by atoms with Crippen molar-refractivity contribution in [3.63, 3.8) is 0 Å². The van der Waals surface area contributed by atoms with Crippen LogP contribution < -0.4 is 0 Å². The third-order valence-corrected chi connectivity index (χ3v) is 5.06. The summed E-state index contributed by atoms with van der Waals surface area (Å²) in [6.45, 7) is 3.43. The molecule has 0 amide bonds. The van der Waals surface area contributed by atoms with Gasteiger partial charge in [-0.25, -0.2) is 4.98 Å². The largest absolute Gasteiger partial charge is 0.327 e. The molecule has 1 aliphatic carbocycles. The highest BCUT2D eigenvalue weighted by Gasteiger charge is 2.23. The van der Waals surface area contributed by atoms with Gasteiger partial charge < -0.3 is 4.57 Å². The standard InChI is InChI=1S/C15H18ClIN2/c1-10-2-3-11(6-10)9-19-14-5-4-12(17)7-13(14)18-15(19)8-16/h4-5,7,10-11H,2-3,6,8-9H2,1H3. The van der Waals surface area contributed by atoms with E-state index in [2.05, 4.69) is 57.3 Å². The maximum atomic E-state index is 6.07. The van der Waals surface area contributed by atoms with Crippen LogP contribution >= 0.6 is 34.2 Å². The zero-order chi connectivity index (χ0) is 13.4. The first-order chi connectivity index (χ1) is 9.17. The van der Waals surface area contributed by atoms with Gasteiger partial charge in [0.1, 0.15) is 5.82 Å². The molecule has 0 radical (unpaired) electrons. The Morgan fingerprint density at radius 1 is 1.42 bits per heavy atom. The average Bonchev–Trinajstić information content (AvgIpc) is 2.94. The van der Waals surface area contributed by atoms with Gasteiger partial charge in [0.05, 0.1) is 16.9 Å². The number of fused-ring (bicyclic) bond motifs is 1. The molecule has 1 aromatic heterocycles. The fraction of sp³-hybridized carbons (Fsp3) is 0.533. The van der Waals surface area contributed by atoms with Gasteiger partial charge in [-0.2, -0.15) is 0 Å². The summed E-state index contributed by atoms with van der Waals surface area (Å²) in [6, 6.07) is 6.47. The number of imidazole rings is 1. The van der Waals surface area contributed by atoms with Crippen molar-refractivity contribution in [1.82, 2.24) is 9.55 Å². The number of alkyl halides is 1. The van der Waals surface area contributed by atoms with Gasteiger partial charge >= 0.3 is 0 Å². The molecule has 0 bridgehead atoms. The van der Waals surface area contributed by atoms with Crippen LogP contribution in [0, 0.1) is 15.4 Å². The summed E-state index contributed by atoms with van der Waals surface area (Å²) in [4.78, 5) is 4.68. The molecule has 102 valence electrons. The van der Waals surface area contributed by atoms with Crippen molar-refractivity contribution in [3.05, 3.63) is 27.6 Å². The monoisotopic (exact) mass is 388 g/mol. The Hall–Kier alpha value is -0.290. The van der Waals surface area contributed by atoms with Crippen molar-refractivity contribution in [3.8, 4) is 0 Å². The van der Waals surface area contributed by atoms with Crippen molar-refractivity contribution in [2.24, 2.45) is 11.8 Å². The molecule has 1 fully saturated rings. The Labute approximate surface area is 132 Å². The molecule has 0 aliphatic heterocycles. The van der Waals surface area contributed by atoms with Gasteiger partial charge in [0.25, 0.3) is 0 Å². The zero-order valence-corrected chi connectivity index (χ0v) is 14.0. The van der Waals surface area contributed by atoms with E-state index in [9.17, 15) is 0 Å². The number of aromatic nitrogens is 2. The lowest BCUT2D eigenvalue weighted by Gasteiger charge is -2.13. The number of hydrogen-bond donors (Lipinski definition) is 0. The van der Waals surface area contributed by atoms with Crippen LogP contribution in [-0.2, 0) is 12.4 Å². The van der Waals surface area contributed by atoms with Gasteiger partial charge in [-0.3, -0.25) is 0 Å². The van der Waals surface area contributed by atoms with E-state index in [1.807, 2.05) is 0 Å². The second kappa shape index (κ2) is 5.60. The highest BCUT2D eigenvalue weighted by Crippen LogP contribution is 2.33. The fourth-order valence-corrected chi connectivity index (χ4v) is 3.89. The van der Waals surface area contributed by atoms with Gasteiger partial charge in [-0.1, -0.05) is 13.3 Å². The van der Waals surface area contributed by atoms with E-state index in [0.29, 0.717) is 5.88 Å². The summed E-state index contributed by atoms with van der Waals surface area (Å²) < 4.78 is 3.56. The molecule has 1 aromatic carbocycles. The smallest absolute Gasteiger partial charge is 0.124 e. The molecule has 2 unspecified atom stereocenters. The lowest BCUT2D eigenvalue weighted by atomic mass is 10.1. The first-order valence-corrected chi connectivity index (χ1v) is 8.49. The number of rotatable bonds is 3. The molecular formula is C15H18ClIN2. The van der Waals surface area contributed by atoms with E-state index in [1.54, 1.807) is 0 Å². The van der Waals surface area contributed by atoms with Crippen molar-refractivity contribution >= 4 is 45.2 Å². The van der Waals surface area contributed by atoms with Crippen molar-refractivity contribution in [1.29, 1.82) is 0 Å².